The molecule has 6 nitrogen and oxygen atoms in total. The van der Waals surface area contributed by atoms with Crippen molar-refractivity contribution in [1.82, 2.24) is 20.4 Å². The van der Waals surface area contributed by atoms with Crippen molar-refractivity contribution in [2.75, 3.05) is 20.1 Å². The molecule has 1 fully saturated rings. The summed E-state index contributed by atoms with van der Waals surface area (Å²) >= 11 is 0. The number of rotatable bonds is 2. The van der Waals surface area contributed by atoms with Crippen LogP contribution >= 0.6 is 0 Å². The molecule has 94 valence electrons. The van der Waals surface area contributed by atoms with E-state index in [1.165, 1.54) is 12.4 Å². The fourth-order valence-corrected chi connectivity index (χ4v) is 1.98. The average Bonchev–Trinajstić information content (AvgIpc) is 2.43. The summed E-state index contributed by atoms with van der Waals surface area (Å²) in [6.45, 7) is 1.62. The number of nitriles is 1. The highest BCUT2D eigenvalue weighted by Gasteiger charge is 2.35. The summed E-state index contributed by atoms with van der Waals surface area (Å²) in [5.41, 5.74) is -0.328. The summed E-state index contributed by atoms with van der Waals surface area (Å²) in [7, 11) is 2.01. The number of nitrogens with zero attached hydrogens (tertiary/aromatic N) is 4. The summed E-state index contributed by atoms with van der Waals surface area (Å²) in [6, 6.07) is 3.83. The molecule has 0 spiro atoms. The molecular weight excluding hydrogens is 230 g/mol. The number of carbonyl (C=O) groups excluding carboxylic acids is 1. The lowest BCUT2D eigenvalue weighted by atomic mass is 9.89. The van der Waals surface area contributed by atoms with Crippen LogP contribution in [0, 0.1) is 11.3 Å². The number of likely N-dealkylation sites (tertiary alicyclic amines) is 1. The fourth-order valence-electron chi connectivity index (χ4n) is 1.98. The maximum Gasteiger partial charge on any atom is 0.254 e. The monoisotopic (exact) mass is 245 g/mol. The Balaban J connectivity index is 2.08. The van der Waals surface area contributed by atoms with E-state index in [-0.39, 0.29) is 5.91 Å². The van der Waals surface area contributed by atoms with Crippen LogP contribution in [0.1, 0.15) is 23.2 Å². The smallest absolute Gasteiger partial charge is 0.254 e. The van der Waals surface area contributed by atoms with Crippen molar-refractivity contribution in [1.29, 1.82) is 5.26 Å². The van der Waals surface area contributed by atoms with Gasteiger partial charge in [-0.1, -0.05) is 0 Å². The van der Waals surface area contributed by atoms with Crippen molar-refractivity contribution < 1.29 is 4.79 Å². The first kappa shape index (κ1) is 12.5. The van der Waals surface area contributed by atoms with Crippen LogP contribution < -0.4 is 5.32 Å². The molecule has 1 aromatic rings. The Morgan fingerprint density at radius 1 is 1.50 bits per heavy atom. The van der Waals surface area contributed by atoms with Crippen LogP contribution in [0.2, 0.25) is 0 Å². The molecule has 0 radical (unpaired) electrons. The molecule has 1 saturated heterocycles. The van der Waals surface area contributed by atoms with Gasteiger partial charge in [0.2, 0.25) is 0 Å². The van der Waals surface area contributed by atoms with Crippen LogP contribution in [0.25, 0.3) is 0 Å². The highest BCUT2D eigenvalue weighted by Crippen LogP contribution is 2.21. The van der Waals surface area contributed by atoms with E-state index in [0.29, 0.717) is 18.4 Å². The zero-order chi connectivity index (χ0) is 13.0. The van der Waals surface area contributed by atoms with Gasteiger partial charge < -0.3 is 10.2 Å². The van der Waals surface area contributed by atoms with Gasteiger partial charge in [0.1, 0.15) is 5.54 Å². The lowest BCUT2D eigenvalue weighted by molar-refractivity contribution is 0.0881. The first-order valence-corrected chi connectivity index (χ1v) is 5.84. The summed E-state index contributed by atoms with van der Waals surface area (Å²) in [5, 5.41) is 19.4. The van der Waals surface area contributed by atoms with E-state index in [1.807, 2.05) is 7.05 Å². The minimum absolute atomic E-state index is 0.268. The molecule has 0 atom stereocenters. The summed E-state index contributed by atoms with van der Waals surface area (Å²) < 4.78 is 0. The molecule has 0 bridgehead atoms. The Morgan fingerprint density at radius 3 is 2.78 bits per heavy atom. The summed E-state index contributed by atoms with van der Waals surface area (Å²) in [5.74, 6) is -0.268. The van der Waals surface area contributed by atoms with Crippen LogP contribution in [0.15, 0.2) is 18.5 Å². The van der Waals surface area contributed by atoms with Crippen molar-refractivity contribution >= 4 is 5.91 Å². The predicted molar refractivity (Wildman–Crippen MR) is 64.6 cm³/mol. The first-order valence-electron chi connectivity index (χ1n) is 5.84. The van der Waals surface area contributed by atoms with Gasteiger partial charge in [-0.2, -0.15) is 15.5 Å². The fraction of sp³-hybridized carbons (Fsp3) is 0.500. The van der Waals surface area contributed by atoms with Crippen LogP contribution in [-0.2, 0) is 0 Å². The number of piperidine rings is 1. The van der Waals surface area contributed by atoms with Crippen LogP contribution in [0.3, 0.4) is 0 Å². The Morgan fingerprint density at radius 2 is 2.22 bits per heavy atom. The second-order valence-electron chi connectivity index (χ2n) is 4.58. The third-order valence-corrected chi connectivity index (χ3v) is 3.25. The Hall–Kier alpha value is -2.00. The number of carbonyl (C=O) groups is 1. The van der Waals surface area contributed by atoms with E-state index in [4.69, 9.17) is 0 Å². The lowest BCUT2D eigenvalue weighted by Crippen LogP contribution is -2.53. The average molecular weight is 245 g/mol. The molecule has 0 saturated carbocycles. The molecule has 0 aliphatic carbocycles. The molecule has 1 amide bonds. The third-order valence-electron chi connectivity index (χ3n) is 3.25. The van der Waals surface area contributed by atoms with Gasteiger partial charge in [-0.25, -0.2) is 0 Å². The molecule has 1 aliphatic heterocycles. The normalized spacial score (nSPS) is 18.9. The molecule has 1 aromatic heterocycles. The van der Waals surface area contributed by atoms with E-state index < -0.39 is 5.54 Å². The molecule has 18 heavy (non-hydrogen) atoms. The minimum atomic E-state index is -0.757. The number of hydrogen-bond donors (Lipinski definition) is 1. The molecule has 0 unspecified atom stereocenters. The Kier molecular flexibility index (Phi) is 3.53. The topological polar surface area (TPSA) is 81.9 Å². The molecule has 1 N–H and O–H groups in total. The van der Waals surface area contributed by atoms with Gasteiger partial charge in [0, 0.05) is 13.1 Å². The van der Waals surface area contributed by atoms with Crippen LogP contribution in [-0.4, -0.2) is 46.7 Å². The summed E-state index contributed by atoms with van der Waals surface area (Å²) in [6.07, 6.45) is 4.15. The van der Waals surface area contributed by atoms with Gasteiger partial charge in [0.15, 0.2) is 0 Å². The van der Waals surface area contributed by atoms with Crippen LogP contribution in [0.4, 0.5) is 0 Å². The van der Waals surface area contributed by atoms with E-state index in [2.05, 4.69) is 26.5 Å². The largest absolute Gasteiger partial charge is 0.334 e. The highest BCUT2D eigenvalue weighted by atomic mass is 16.1. The second kappa shape index (κ2) is 5.10. The maximum atomic E-state index is 12.0. The van der Waals surface area contributed by atoms with Gasteiger partial charge in [-0.15, -0.1) is 0 Å². The van der Waals surface area contributed by atoms with Gasteiger partial charge in [-0.05, 0) is 26.0 Å². The predicted octanol–water partition coefficient (Wildman–Crippen LogP) is 0.194. The number of nitrogens with one attached hydrogen (secondary N) is 1. The first-order chi connectivity index (χ1) is 8.65. The van der Waals surface area contributed by atoms with E-state index in [0.717, 1.165) is 13.1 Å². The number of hydrogen-bond acceptors (Lipinski definition) is 5. The third kappa shape index (κ3) is 2.63. The second-order valence-corrected chi connectivity index (χ2v) is 4.58. The van der Waals surface area contributed by atoms with Crippen molar-refractivity contribution in [2.45, 2.75) is 18.4 Å². The molecular formula is C12H15N5O. The lowest BCUT2D eigenvalue weighted by Gasteiger charge is -2.35. The molecule has 1 aliphatic rings. The molecule has 2 rings (SSSR count). The van der Waals surface area contributed by atoms with Gasteiger partial charge >= 0.3 is 0 Å². The maximum absolute atomic E-state index is 12.0. The van der Waals surface area contributed by atoms with Gasteiger partial charge in [0.05, 0.1) is 24.0 Å². The number of amides is 1. The highest BCUT2D eigenvalue weighted by molar-refractivity contribution is 5.94. The van der Waals surface area contributed by atoms with E-state index in [9.17, 15) is 10.1 Å². The van der Waals surface area contributed by atoms with Gasteiger partial charge in [-0.3, -0.25) is 4.79 Å². The summed E-state index contributed by atoms with van der Waals surface area (Å²) in [4.78, 5) is 14.2. The quantitative estimate of drug-likeness (QED) is 0.804. The molecule has 0 aromatic carbocycles. The van der Waals surface area contributed by atoms with Crippen LogP contribution in [0.5, 0.6) is 0 Å². The molecule has 6 heteroatoms. The standard InChI is InChI=1S/C12H15N5O/c1-17-6-3-12(9-13,4-7-17)16-11(18)10-2-5-14-15-8-10/h2,5,8H,3-4,6-7H2,1H3,(H,16,18). The van der Waals surface area contributed by atoms with Crippen molar-refractivity contribution in [2.24, 2.45) is 0 Å². The Bertz CT molecular complexity index is 459. The zero-order valence-corrected chi connectivity index (χ0v) is 10.3. The zero-order valence-electron chi connectivity index (χ0n) is 10.3. The minimum Gasteiger partial charge on any atom is -0.334 e. The van der Waals surface area contributed by atoms with E-state index in [1.54, 1.807) is 6.07 Å². The molecule has 2 heterocycles. The van der Waals surface area contributed by atoms with Crippen molar-refractivity contribution in [3.63, 3.8) is 0 Å². The van der Waals surface area contributed by atoms with Gasteiger partial charge in [0.25, 0.3) is 5.91 Å². The van der Waals surface area contributed by atoms with Crippen molar-refractivity contribution in [3.05, 3.63) is 24.0 Å². The SMILES string of the molecule is CN1CCC(C#N)(NC(=O)c2ccnnc2)CC1. The van der Waals surface area contributed by atoms with E-state index >= 15 is 0 Å². The Labute approximate surface area is 106 Å². The number of aromatic nitrogens is 2. The van der Waals surface area contributed by atoms with Crippen molar-refractivity contribution in [3.8, 4) is 6.07 Å².